The molecular formula is C33H41N5O7. The van der Waals surface area contributed by atoms with Crippen molar-refractivity contribution in [3.63, 3.8) is 0 Å². The molecule has 0 fully saturated rings. The van der Waals surface area contributed by atoms with Gasteiger partial charge in [0.2, 0.25) is 6.29 Å². The monoisotopic (exact) mass is 619 g/mol. The lowest BCUT2D eigenvalue weighted by Crippen LogP contribution is -2.40. The van der Waals surface area contributed by atoms with Gasteiger partial charge >= 0.3 is 0 Å². The van der Waals surface area contributed by atoms with E-state index in [4.69, 9.17) is 24.1 Å². The molecule has 12 heteroatoms. The van der Waals surface area contributed by atoms with Crippen LogP contribution in [0.5, 0.6) is 0 Å². The number of H-pyrrole nitrogens is 1. The number of aromatic amines is 1. The molecule has 5 rings (SSSR count). The highest BCUT2D eigenvalue weighted by Crippen LogP contribution is 2.39. The molecule has 240 valence electrons. The van der Waals surface area contributed by atoms with Crippen LogP contribution in [0.2, 0.25) is 0 Å². The number of ether oxygens (including phenoxy) is 4. The maximum atomic E-state index is 14.1. The minimum atomic E-state index is -0.796. The number of imidazole rings is 1. The maximum Gasteiger partial charge on any atom is 0.286 e. The Labute approximate surface area is 261 Å². The molecule has 45 heavy (non-hydrogen) atoms. The average Bonchev–Trinajstić information content (AvgIpc) is 3.57. The molecular weight excluding hydrogens is 578 g/mol. The average molecular weight is 620 g/mol. The molecule has 4 aromatic rings. The SMILES string of the molecule is CCOC1OC(C(=O)NCc2nc3ccccc3[nH]2)=CC(c2c(C)n(C)n(-c3ccccc3)c2=O)C1CCOCCOCCO. The van der Waals surface area contributed by atoms with Gasteiger partial charge in [-0.3, -0.25) is 14.3 Å². The summed E-state index contributed by atoms with van der Waals surface area (Å²) in [5, 5.41) is 11.8. The number of carbonyl (C=O) groups excluding carboxylic acids is 1. The van der Waals surface area contributed by atoms with Crippen LogP contribution in [-0.4, -0.2) is 76.3 Å². The maximum absolute atomic E-state index is 14.1. The predicted octanol–water partition coefficient (Wildman–Crippen LogP) is 3.07. The number of benzene rings is 2. The summed E-state index contributed by atoms with van der Waals surface area (Å²) < 4.78 is 26.8. The lowest BCUT2D eigenvalue weighted by Gasteiger charge is -2.36. The van der Waals surface area contributed by atoms with Crippen molar-refractivity contribution in [1.82, 2.24) is 24.6 Å². The first-order valence-corrected chi connectivity index (χ1v) is 15.2. The fourth-order valence-electron chi connectivity index (χ4n) is 5.69. The molecule has 3 unspecified atom stereocenters. The highest BCUT2D eigenvalue weighted by atomic mass is 16.7. The number of allylic oxidation sites excluding steroid dienone is 1. The summed E-state index contributed by atoms with van der Waals surface area (Å²) in [6.07, 6.45) is 1.44. The van der Waals surface area contributed by atoms with Crippen molar-refractivity contribution in [2.45, 2.75) is 39.0 Å². The summed E-state index contributed by atoms with van der Waals surface area (Å²) in [7, 11) is 1.85. The van der Waals surface area contributed by atoms with E-state index < -0.39 is 18.1 Å². The lowest BCUT2D eigenvalue weighted by molar-refractivity contribution is -0.168. The number of fused-ring (bicyclic) bond motifs is 1. The number of nitrogens with one attached hydrogen (secondary N) is 2. The van der Waals surface area contributed by atoms with E-state index in [1.807, 2.05) is 80.2 Å². The van der Waals surface area contributed by atoms with Gasteiger partial charge < -0.3 is 34.4 Å². The molecule has 0 spiro atoms. The number of aliphatic hydroxyl groups is 1. The Morgan fingerprint density at radius 1 is 1.07 bits per heavy atom. The zero-order valence-corrected chi connectivity index (χ0v) is 25.9. The van der Waals surface area contributed by atoms with Gasteiger partial charge in [0, 0.05) is 43.4 Å². The molecule has 3 atom stereocenters. The van der Waals surface area contributed by atoms with Crippen molar-refractivity contribution in [2.75, 3.05) is 39.6 Å². The van der Waals surface area contributed by atoms with E-state index in [1.54, 1.807) is 10.8 Å². The molecule has 0 radical (unpaired) electrons. The van der Waals surface area contributed by atoms with Crippen molar-refractivity contribution < 1.29 is 28.8 Å². The molecule has 0 aliphatic carbocycles. The molecule has 2 aromatic carbocycles. The Kier molecular flexibility index (Phi) is 10.8. The van der Waals surface area contributed by atoms with Crippen LogP contribution in [0, 0.1) is 12.8 Å². The highest BCUT2D eigenvalue weighted by Gasteiger charge is 2.41. The molecule has 0 saturated carbocycles. The van der Waals surface area contributed by atoms with E-state index in [-0.39, 0.29) is 37.0 Å². The van der Waals surface area contributed by atoms with Crippen LogP contribution in [0.15, 0.2) is 71.2 Å². The van der Waals surface area contributed by atoms with Gasteiger partial charge in [-0.2, -0.15) is 0 Å². The van der Waals surface area contributed by atoms with Crippen LogP contribution in [0.25, 0.3) is 16.7 Å². The van der Waals surface area contributed by atoms with Gasteiger partial charge in [0.15, 0.2) is 5.76 Å². The Morgan fingerprint density at radius 3 is 2.53 bits per heavy atom. The van der Waals surface area contributed by atoms with Gasteiger partial charge in [-0.15, -0.1) is 0 Å². The van der Waals surface area contributed by atoms with Gasteiger partial charge in [-0.05, 0) is 50.6 Å². The van der Waals surface area contributed by atoms with Crippen LogP contribution in [0.4, 0.5) is 0 Å². The van der Waals surface area contributed by atoms with Gasteiger partial charge in [-0.25, -0.2) is 9.67 Å². The molecule has 1 amide bonds. The number of para-hydroxylation sites is 3. The van der Waals surface area contributed by atoms with Gasteiger partial charge in [0.25, 0.3) is 11.5 Å². The standard InChI is InChI=1S/C33H41N5O7/c1-4-44-33-24(14-16-42-18-19-43-17-15-39)25(30-22(2)37(3)38(32(30)41)23-10-6-5-7-11-23)20-28(45-33)31(40)34-21-29-35-26-12-8-9-13-27(26)36-29/h5-13,20,24-25,33,39H,4,14-19,21H2,1-3H3,(H,34,40)(H,35,36). The van der Waals surface area contributed by atoms with Crippen molar-refractivity contribution in [2.24, 2.45) is 13.0 Å². The number of carbonyl (C=O) groups is 1. The highest BCUT2D eigenvalue weighted by molar-refractivity contribution is 5.91. The largest absolute Gasteiger partial charge is 0.459 e. The van der Waals surface area contributed by atoms with Gasteiger partial charge in [0.05, 0.1) is 49.7 Å². The molecule has 12 nitrogen and oxygen atoms in total. The van der Waals surface area contributed by atoms with Crippen molar-refractivity contribution in [1.29, 1.82) is 0 Å². The van der Waals surface area contributed by atoms with E-state index >= 15 is 0 Å². The van der Waals surface area contributed by atoms with Crippen LogP contribution in [0.3, 0.4) is 0 Å². The number of rotatable bonds is 15. The first kappa shape index (κ1) is 32.2. The van der Waals surface area contributed by atoms with E-state index in [1.165, 1.54) is 0 Å². The smallest absolute Gasteiger partial charge is 0.286 e. The summed E-state index contributed by atoms with van der Waals surface area (Å²) in [5.41, 5.74) is 3.59. The topological polar surface area (TPSA) is 142 Å². The fraction of sp³-hybridized carbons (Fsp3) is 0.424. The van der Waals surface area contributed by atoms with Crippen molar-refractivity contribution in [3.8, 4) is 5.69 Å². The Balaban J connectivity index is 1.44. The molecule has 1 aliphatic heterocycles. The third kappa shape index (κ3) is 7.36. The quantitative estimate of drug-likeness (QED) is 0.173. The van der Waals surface area contributed by atoms with Crippen LogP contribution < -0.4 is 10.9 Å². The summed E-state index contributed by atoms with van der Waals surface area (Å²) in [6, 6.07) is 17.1. The van der Waals surface area contributed by atoms with Crippen molar-refractivity contribution in [3.05, 3.63) is 93.9 Å². The summed E-state index contributed by atoms with van der Waals surface area (Å²) in [4.78, 5) is 35.4. The Morgan fingerprint density at radius 2 is 1.80 bits per heavy atom. The Bertz CT molecular complexity index is 1630. The van der Waals surface area contributed by atoms with E-state index in [0.29, 0.717) is 44.2 Å². The summed E-state index contributed by atoms with van der Waals surface area (Å²) >= 11 is 0. The fourth-order valence-corrected chi connectivity index (χ4v) is 5.69. The zero-order valence-electron chi connectivity index (χ0n) is 25.9. The third-order valence-corrected chi connectivity index (χ3v) is 7.93. The minimum absolute atomic E-state index is 0.0470. The van der Waals surface area contributed by atoms with Crippen LogP contribution in [-0.2, 0) is 37.3 Å². The second-order valence-electron chi connectivity index (χ2n) is 10.8. The Hall–Kier alpha value is -4.23. The second-order valence-corrected chi connectivity index (χ2v) is 10.8. The first-order valence-electron chi connectivity index (χ1n) is 15.2. The molecule has 1 aliphatic rings. The second kappa shape index (κ2) is 15.2. The molecule has 0 saturated heterocycles. The zero-order chi connectivity index (χ0) is 31.8. The molecule has 2 aromatic heterocycles. The number of hydrogen-bond donors (Lipinski definition) is 3. The van der Waals surface area contributed by atoms with Crippen LogP contribution in [0.1, 0.15) is 36.3 Å². The summed E-state index contributed by atoms with van der Waals surface area (Å²) in [5.74, 6) is -0.564. The minimum Gasteiger partial charge on any atom is -0.459 e. The van der Waals surface area contributed by atoms with E-state index in [2.05, 4.69) is 15.3 Å². The number of amides is 1. The number of nitrogens with zero attached hydrogens (tertiary/aromatic N) is 3. The molecule has 0 bridgehead atoms. The lowest BCUT2D eigenvalue weighted by atomic mass is 9.81. The number of aromatic nitrogens is 4. The molecule has 3 N–H and O–H groups in total. The number of aliphatic hydroxyl groups excluding tert-OH is 1. The van der Waals surface area contributed by atoms with E-state index in [9.17, 15) is 9.59 Å². The number of hydrogen-bond acceptors (Lipinski definition) is 8. The normalized spacial score (nSPS) is 18.1. The van der Waals surface area contributed by atoms with E-state index in [0.717, 1.165) is 22.4 Å². The predicted molar refractivity (Wildman–Crippen MR) is 168 cm³/mol. The first-order chi connectivity index (χ1) is 21.9. The van der Waals surface area contributed by atoms with Gasteiger partial charge in [-0.1, -0.05) is 30.3 Å². The molecule has 3 heterocycles. The summed E-state index contributed by atoms with van der Waals surface area (Å²) in [6.45, 7) is 5.55. The van der Waals surface area contributed by atoms with Crippen molar-refractivity contribution >= 4 is 16.9 Å². The van der Waals surface area contributed by atoms with Gasteiger partial charge in [0.1, 0.15) is 5.82 Å². The third-order valence-electron chi connectivity index (χ3n) is 7.93. The van der Waals surface area contributed by atoms with Crippen LogP contribution >= 0.6 is 0 Å².